The fraction of sp³-hybridized carbons (Fsp3) is 0.0667. The van der Waals surface area contributed by atoms with Crippen molar-refractivity contribution in [3.8, 4) is 11.4 Å². The maximum atomic E-state index is 9.77. The van der Waals surface area contributed by atoms with Crippen LogP contribution in [0.4, 0.5) is 5.69 Å². The molecule has 0 fully saturated rings. The SMILES string of the molecule is Oc1ccccc1CNc1ccccc1-n1cncn1. The molecule has 0 aliphatic rings. The average Bonchev–Trinajstić information content (AvgIpc) is 3.01. The molecule has 0 spiro atoms. The molecule has 0 saturated heterocycles. The maximum absolute atomic E-state index is 9.77. The molecule has 2 aromatic carbocycles. The molecule has 0 saturated carbocycles. The van der Waals surface area contributed by atoms with Crippen LogP contribution >= 0.6 is 0 Å². The standard InChI is InChI=1S/C15H14N4O/c20-15-8-4-1-5-12(15)9-17-13-6-2-3-7-14(13)19-11-16-10-18-19/h1-8,10-11,17,20H,9H2. The fourth-order valence-electron chi connectivity index (χ4n) is 2.01. The van der Waals surface area contributed by atoms with Crippen LogP contribution in [0.25, 0.3) is 5.69 Å². The molecule has 0 atom stereocenters. The first-order valence-electron chi connectivity index (χ1n) is 6.29. The monoisotopic (exact) mass is 266 g/mol. The third-order valence-corrected chi connectivity index (χ3v) is 3.03. The third-order valence-electron chi connectivity index (χ3n) is 3.03. The minimum absolute atomic E-state index is 0.290. The lowest BCUT2D eigenvalue weighted by atomic mass is 10.2. The zero-order chi connectivity index (χ0) is 13.8. The number of hydrogen-bond donors (Lipinski definition) is 2. The zero-order valence-electron chi connectivity index (χ0n) is 10.8. The molecule has 0 aliphatic heterocycles. The smallest absolute Gasteiger partial charge is 0.138 e. The number of benzene rings is 2. The molecule has 0 unspecified atom stereocenters. The Balaban J connectivity index is 1.84. The van der Waals surface area contributed by atoms with E-state index in [1.807, 2.05) is 42.5 Å². The third kappa shape index (κ3) is 2.47. The van der Waals surface area contributed by atoms with Crippen molar-refractivity contribution in [2.24, 2.45) is 0 Å². The van der Waals surface area contributed by atoms with Crippen LogP contribution in [0.5, 0.6) is 5.75 Å². The highest BCUT2D eigenvalue weighted by Gasteiger charge is 2.05. The minimum atomic E-state index is 0.290. The molecule has 0 bridgehead atoms. The van der Waals surface area contributed by atoms with Crippen molar-refractivity contribution in [1.82, 2.24) is 14.8 Å². The topological polar surface area (TPSA) is 63.0 Å². The molecular formula is C15H14N4O. The van der Waals surface area contributed by atoms with Crippen molar-refractivity contribution < 1.29 is 5.11 Å². The van der Waals surface area contributed by atoms with Crippen molar-refractivity contribution in [3.05, 3.63) is 66.7 Å². The van der Waals surface area contributed by atoms with E-state index in [1.54, 1.807) is 17.1 Å². The Morgan fingerprint density at radius 1 is 1.05 bits per heavy atom. The number of aromatic hydroxyl groups is 1. The van der Waals surface area contributed by atoms with Gasteiger partial charge < -0.3 is 10.4 Å². The van der Waals surface area contributed by atoms with Crippen molar-refractivity contribution >= 4 is 5.69 Å². The summed E-state index contributed by atoms with van der Waals surface area (Å²) in [6.07, 6.45) is 3.15. The quantitative estimate of drug-likeness (QED) is 0.762. The summed E-state index contributed by atoms with van der Waals surface area (Å²) in [6, 6.07) is 15.1. The Morgan fingerprint density at radius 3 is 2.65 bits per heavy atom. The molecule has 0 amide bonds. The molecule has 0 aliphatic carbocycles. The van der Waals surface area contributed by atoms with Gasteiger partial charge >= 0.3 is 0 Å². The number of hydrogen-bond acceptors (Lipinski definition) is 4. The molecule has 2 N–H and O–H groups in total. The second-order valence-electron chi connectivity index (χ2n) is 4.34. The predicted octanol–water partition coefficient (Wildman–Crippen LogP) is 2.58. The van der Waals surface area contributed by atoms with Crippen molar-refractivity contribution in [2.75, 3.05) is 5.32 Å². The zero-order valence-corrected chi connectivity index (χ0v) is 10.8. The Morgan fingerprint density at radius 2 is 1.85 bits per heavy atom. The number of nitrogens with one attached hydrogen (secondary N) is 1. The Labute approximate surface area is 116 Å². The maximum Gasteiger partial charge on any atom is 0.138 e. The number of para-hydroxylation sites is 3. The van der Waals surface area contributed by atoms with Crippen LogP contribution in [0.1, 0.15) is 5.56 Å². The number of nitrogens with zero attached hydrogens (tertiary/aromatic N) is 3. The van der Waals surface area contributed by atoms with Crippen molar-refractivity contribution in [1.29, 1.82) is 0 Å². The second-order valence-corrected chi connectivity index (χ2v) is 4.34. The van der Waals surface area contributed by atoms with Gasteiger partial charge in [0, 0.05) is 12.1 Å². The van der Waals surface area contributed by atoms with Crippen LogP contribution in [-0.4, -0.2) is 19.9 Å². The van der Waals surface area contributed by atoms with Gasteiger partial charge in [-0.05, 0) is 18.2 Å². The average molecular weight is 266 g/mol. The van der Waals surface area contributed by atoms with E-state index in [0.717, 1.165) is 16.9 Å². The summed E-state index contributed by atoms with van der Waals surface area (Å²) >= 11 is 0. The van der Waals surface area contributed by atoms with Crippen LogP contribution in [0.15, 0.2) is 61.2 Å². The lowest BCUT2D eigenvalue weighted by molar-refractivity contribution is 0.469. The summed E-state index contributed by atoms with van der Waals surface area (Å²) in [5.74, 6) is 0.290. The van der Waals surface area contributed by atoms with Crippen LogP contribution in [0.3, 0.4) is 0 Å². The van der Waals surface area contributed by atoms with Gasteiger partial charge in [0.15, 0.2) is 0 Å². The van der Waals surface area contributed by atoms with E-state index in [9.17, 15) is 5.11 Å². The van der Waals surface area contributed by atoms with E-state index in [2.05, 4.69) is 15.4 Å². The second kappa shape index (κ2) is 5.44. The van der Waals surface area contributed by atoms with E-state index >= 15 is 0 Å². The highest BCUT2D eigenvalue weighted by molar-refractivity contribution is 5.60. The van der Waals surface area contributed by atoms with Gasteiger partial charge in [-0.1, -0.05) is 30.3 Å². The largest absolute Gasteiger partial charge is 0.508 e. The lowest BCUT2D eigenvalue weighted by Gasteiger charge is -2.12. The van der Waals surface area contributed by atoms with Crippen LogP contribution in [0.2, 0.25) is 0 Å². The summed E-state index contributed by atoms with van der Waals surface area (Å²) in [7, 11) is 0. The highest BCUT2D eigenvalue weighted by atomic mass is 16.3. The van der Waals surface area contributed by atoms with E-state index < -0.39 is 0 Å². The molecule has 1 heterocycles. The number of anilines is 1. The molecule has 5 nitrogen and oxygen atoms in total. The van der Waals surface area contributed by atoms with E-state index in [1.165, 1.54) is 6.33 Å². The summed E-state index contributed by atoms with van der Waals surface area (Å²) in [4.78, 5) is 3.96. The molecule has 0 radical (unpaired) electrons. The van der Waals surface area contributed by atoms with Gasteiger partial charge in [0.05, 0.1) is 11.4 Å². The molecule has 20 heavy (non-hydrogen) atoms. The van der Waals surface area contributed by atoms with Crippen molar-refractivity contribution in [2.45, 2.75) is 6.54 Å². The predicted molar refractivity (Wildman–Crippen MR) is 76.8 cm³/mol. The molecule has 1 aromatic heterocycles. The van der Waals surface area contributed by atoms with Crippen molar-refractivity contribution in [3.63, 3.8) is 0 Å². The van der Waals surface area contributed by atoms with Gasteiger partial charge in [0.25, 0.3) is 0 Å². The van der Waals surface area contributed by atoms with E-state index in [4.69, 9.17) is 0 Å². The summed E-state index contributed by atoms with van der Waals surface area (Å²) in [5.41, 5.74) is 2.70. The molecule has 5 heteroatoms. The molecule has 100 valence electrons. The Bertz CT molecular complexity index is 695. The van der Waals surface area contributed by atoms with Gasteiger partial charge in [-0.3, -0.25) is 0 Å². The lowest BCUT2D eigenvalue weighted by Crippen LogP contribution is -2.04. The summed E-state index contributed by atoms with van der Waals surface area (Å²) in [6.45, 7) is 0.540. The number of phenolic OH excluding ortho intramolecular Hbond substituents is 1. The summed E-state index contributed by atoms with van der Waals surface area (Å²) < 4.78 is 1.70. The molecule has 3 rings (SSSR count). The van der Waals surface area contributed by atoms with E-state index in [0.29, 0.717) is 12.3 Å². The van der Waals surface area contributed by atoms with Gasteiger partial charge in [-0.15, -0.1) is 0 Å². The van der Waals surface area contributed by atoms with Crippen LogP contribution in [-0.2, 0) is 6.54 Å². The fourth-order valence-corrected chi connectivity index (χ4v) is 2.01. The first kappa shape index (κ1) is 12.2. The van der Waals surface area contributed by atoms with Gasteiger partial charge in [0.1, 0.15) is 18.4 Å². The normalized spacial score (nSPS) is 10.4. The Hall–Kier alpha value is -2.82. The van der Waals surface area contributed by atoms with Gasteiger partial charge in [-0.2, -0.15) is 5.10 Å². The highest BCUT2D eigenvalue weighted by Crippen LogP contribution is 2.21. The summed E-state index contributed by atoms with van der Waals surface area (Å²) in [5, 5.41) is 17.2. The molecular weight excluding hydrogens is 252 g/mol. The van der Waals surface area contributed by atoms with E-state index in [-0.39, 0.29) is 0 Å². The van der Waals surface area contributed by atoms with Crippen LogP contribution in [0, 0.1) is 0 Å². The Kier molecular flexibility index (Phi) is 3.33. The first-order valence-corrected chi connectivity index (χ1v) is 6.29. The van der Waals surface area contributed by atoms with Gasteiger partial charge in [-0.25, -0.2) is 9.67 Å². The molecule has 3 aromatic rings. The number of rotatable bonds is 4. The number of phenols is 1. The number of aromatic nitrogens is 3. The minimum Gasteiger partial charge on any atom is -0.508 e. The first-order chi connectivity index (χ1) is 9.84. The van der Waals surface area contributed by atoms with Crippen LogP contribution < -0.4 is 5.32 Å². The van der Waals surface area contributed by atoms with Gasteiger partial charge in [0.2, 0.25) is 0 Å².